The van der Waals surface area contributed by atoms with Gasteiger partial charge in [0, 0.05) is 67.5 Å². The number of aryl methyl sites for hydroxylation is 3. The minimum absolute atomic E-state index is 0.208. The monoisotopic (exact) mass is 533 g/mol. The Kier molecular flexibility index (Phi) is 8.58. The molecule has 1 amide bonds. The molecule has 5 rings (SSSR count). The molecule has 6 nitrogen and oxygen atoms in total. The first-order chi connectivity index (χ1) is 19.4. The van der Waals surface area contributed by atoms with Crippen LogP contribution in [-0.4, -0.2) is 52.7 Å². The van der Waals surface area contributed by atoms with E-state index in [9.17, 15) is 4.79 Å². The molecule has 1 N–H and O–H groups in total. The zero-order valence-corrected chi connectivity index (χ0v) is 24.0. The number of benzene rings is 3. The molecule has 0 atom stereocenters. The van der Waals surface area contributed by atoms with Crippen LogP contribution in [0.4, 0.5) is 0 Å². The maximum atomic E-state index is 12.7. The van der Waals surface area contributed by atoms with Crippen molar-refractivity contribution in [1.29, 1.82) is 0 Å². The Morgan fingerprint density at radius 2 is 1.43 bits per heavy atom. The van der Waals surface area contributed by atoms with Crippen molar-refractivity contribution in [3.8, 4) is 5.69 Å². The number of piperazine rings is 1. The molecule has 6 heteroatoms. The Morgan fingerprint density at radius 3 is 2.05 bits per heavy atom. The normalized spacial score (nSPS) is 14.6. The van der Waals surface area contributed by atoms with Crippen LogP contribution in [0.3, 0.4) is 0 Å². The number of carbonyl (C=O) groups excluding carboxylic acids is 1. The fraction of sp³-hybridized carbons (Fsp3) is 0.294. The number of amides is 1. The van der Waals surface area contributed by atoms with Gasteiger partial charge in [-0.3, -0.25) is 14.6 Å². The van der Waals surface area contributed by atoms with E-state index in [1.165, 1.54) is 27.9 Å². The molecule has 1 aliphatic rings. The fourth-order valence-corrected chi connectivity index (χ4v) is 5.54. The van der Waals surface area contributed by atoms with Gasteiger partial charge >= 0.3 is 0 Å². The highest BCUT2D eigenvalue weighted by molar-refractivity contribution is 5.95. The summed E-state index contributed by atoms with van der Waals surface area (Å²) in [6, 6.07) is 27.1. The van der Waals surface area contributed by atoms with Crippen molar-refractivity contribution in [2.24, 2.45) is 5.10 Å². The van der Waals surface area contributed by atoms with E-state index in [2.05, 4.69) is 107 Å². The highest BCUT2D eigenvalue weighted by atomic mass is 16.2. The first-order valence-electron chi connectivity index (χ1n) is 14.0. The van der Waals surface area contributed by atoms with E-state index >= 15 is 0 Å². The quantitative estimate of drug-likeness (QED) is 0.230. The van der Waals surface area contributed by atoms with Crippen LogP contribution in [0.5, 0.6) is 0 Å². The maximum Gasteiger partial charge on any atom is 0.271 e. The number of carbonyl (C=O) groups is 1. The molecule has 4 aromatic rings. The summed E-state index contributed by atoms with van der Waals surface area (Å²) in [7, 11) is 0. The smallest absolute Gasteiger partial charge is 0.271 e. The number of nitrogens with one attached hydrogen (secondary N) is 1. The van der Waals surface area contributed by atoms with Crippen LogP contribution in [0, 0.1) is 27.7 Å². The number of hydrogen-bond acceptors (Lipinski definition) is 4. The van der Waals surface area contributed by atoms with Crippen molar-refractivity contribution in [2.45, 2.75) is 40.8 Å². The Balaban J connectivity index is 1.13. The van der Waals surface area contributed by atoms with Crippen LogP contribution in [0.15, 0.2) is 84.0 Å². The van der Waals surface area contributed by atoms with Crippen LogP contribution < -0.4 is 5.43 Å². The topological polar surface area (TPSA) is 52.9 Å². The number of hydrazone groups is 1. The lowest BCUT2D eigenvalue weighted by Crippen LogP contribution is -2.45. The van der Waals surface area contributed by atoms with E-state index < -0.39 is 0 Å². The first-order valence-corrected chi connectivity index (χ1v) is 14.0. The zero-order chi connectivity index (χ0) is 28.1. The molecule has 206 valence electrons. The second-order valence-corrected chi connectivity index (χ2v) is 10.9. The van der Waals surface area contributed by atoms with Gasteiger partial charge in [0.05, 0.1) is 6.21 Å². The van der Waals surface area contributed by atoms with E-state index in [-0.39, 0.29) is 5.91 Å². The number of aromatic nitrogens is 1. The molecular formula is C34H39N5O. The van der Waals surface area contributed by atoms with Gasteiger partial charge in [-0.25, -0.2) is 5.43 Å². The molecule has 0 aliphatic carbocycles. The highest BCUT2D eigenvalue weighted by Gasteiger charge is 2.17. The highest BCUT2D eigenvalue weighted by Crippen LogP contribution is 2.23. The van der Waals surface area contributed by atoms with Crippen molar-refractivity contribution < 1.29 is 4.79 Å². The van der Waals surface area contributed by atoms with Gasteiger partial charge in [-0.15, -0.1) is 0 Å². The molecule has 2 heterocycles. The van der Waals surface area contributed by atoms with E-state index in [4.69, 9.17) is 0 Å². The Bertz CT molecular complexity index is 1480. The lowest BCUT2D eigenvalue weighted by atomic mass is 10.1. The third-order valence-electron chi connectivity index (χ3n) is 7.77. The molecule has 0 spiro atoms. The Morgan fingerprint density at radius 1 is 0.800 bits per heavy atom. The number of rotatable bonds is 8. The Labute approximate surface area is 237 Å². The van der Waals surface area contributed by atoms with Gasteiger partial charge in [-0.1, -0.05) is 60.2 Å². The number of nitrogens with zero attached hydrogens (tertiary/aromatic N) is 4. The molecule has 0 bridgehead atoms. The summed E-state index contributed by atoms with van der Waals surface area (Å²) in [6.07, 6.45) is 1.73. The maximum absolute atomic E-state index is 12.7. The molecule has 40 heavy (non-hydrogen) atoms. The zero-order valence-electron chi connectivity index (χ0n) is 24.0. The van der Waals surface area contributed by atoms with Crippen LogP contribution >= 0.6 is 0 Å². The third kappa shape index (κ3) is 6.58. The van der Waals surface area contributed by atoms with Gasteiger partial charge in [-0.05, 0) is 68.7 Å². The average Bonchev–Trinajstić information content (AvgIpc) is 3.23. The van der Waals surface area contributed by atoms with E-state index in [1.54, 1.807) is 6.21 Å². The molecule has 1 aromatic heterocycles. The van der Waals surface area contributed by atoms with Crippen LogP contribution in [0.2, 0.25) is 0 Å². The minimum atomic E-state index is -0.208. The summed E-state index contributed by atoms with van der Waals surface area (Å²) in [6.45, 7) is 14.6. The van der Waals surface area contributed by atoms with E-state index in [0.29, 0.717) is 5.56 Å². The van der Waals surface area contributed by atoms with Crippen LogP contribution in [-0.2, 0) is 13.1 Å². The fourth-order valence-electron chi connectivity index (χ4n) is 5.54. The largest absolute Gasteiger partial charge is 0.318 e. The summed E-state index contributed by atoms with van der Waals surface area (Å²) in [5.74, 6) is -0.208. The molecule has 0 radical (unpaired) electrons. The first kappa shape index (κ1) is 27.6. The second kappa shape index (κ2) is 12.5. The van der Waals surface area contributed by atoms with Gasteiger partial charge in [0.25, 0.3) is 5.91 Å². The van der Waals surface area contributed by atoms with Crippen LogP contribution in [0.1, 0.15) is 49.6 Å². The van der Waals surface area contributed by atoms with Crippen molar-refractivity contribution in [3.63, 3.8) is 0 Å². The summed E-state index contributed by atoms with van der Waals surface area (Å²) in [4.78, 5) is 17.7. The molecule has 3 aromatic carbocycles. The lowest BCUT2D eigenvalue weighted by molar-refractivity contribution is 0.0955. The third-order valence-corrected chi connectivity index (χ3v) is 7.77. The summed E-state index contributed by atoms with van der Waals surface area (Å²) in [5, 5.41) is 4.27. The van der Waals surface area contributed by atoms with E-state index in [1.807, 2.05) is 24.3 Å². The van der Waals surface area contributed by atoms with Gasteiger partial charge in [0.2, 0.25) is 0 Å². The van der Waals surface area contributed by atoms with Crippen LogP contribution in [0.25, 0.3) is 5.69 Å². The SMILES string of the molecule is Cc1ccc(-n2c(C)cc(/C=N\NC(=O)c3ccc(CN4CCN(Cc5ccccc5)CC4)cc3)c2C)c(C)c1. The summed E-state index contributed by atoms with van der Waals surface area (Å²) in [5.41, 5.74) is 12.7. The van der Waals surface area contributed by atoms with Gasteiger partial charge < -0.3 is 4.57 Å². The average molecular weight is 534 g/mol. The van der Waals surface area contributed by atoms with Crippen molar-refractivity contribution in [2.75, 3.05) is 26.2 Å². The van der Waals surface area contributed by atoms with Crippen molar-refractivity contribution in [1.82, 2.24) is 19.8 Å². The molecule has 1 saturated heterocycles. The summed E-state index contributed by atoms with van der Waals surface area (Å²) < 4.78 is 2.24. The molecule has 1 fully saturated rings. The Hall–Kier alpha value is -4.00. The number of hydrogen-bond donors (Lipinski definition) is 1. The summed E-state index contributed by atoms with van der Waals surface area (Å²) >= 11 is 0. The molecule has 0 unspecified atom stereocenters. The standard InChI is InChI=1S/C34H39N5O/c1-25-10-15-33(26(2)20-25)39-27(3)21-32(28(39)4)22-35-36-34(40)31-13-11-30(12-14-31)24-38-18-16-37(17-19-38)23-29-8-6-5-7-9-29/h5-15,20-22H,16-19,23-24H2,1-4H3,(H,36,40)/b35-22-. The van der Waals surface area contributed by atoms with E-state index in [0.717, 1.165) is 56.2 Å². The minimum Gasteiger partial charge on any atom is -0.318 e. The van der Waals surface area contributed by atoms with Crippen molar-refractivity contribution in [3.05, 3.63) is 124 Å². The molecule has 0 saturated carbocycles. The van der Waals surface area contributed by atoms with Gasteiger partial charge in [0.1, 0.15) is 0 Å². The predicted octanol–water partition coefficient (Wildman–Crippen LogP) is 5.79. The molecular weight excluding hydrogens is 494 g/mol. The predicted molar refractivity (Wildman–Crippen MR) is 163 cm³/mol. The molecule has 1 aliphatic heterocycles. The lowest BCUT2D eigenvalue weighted by Gasteiger charge is -2.34. The second-order valence-electron chi connectivity index (χ2n) is 10.9. The van der Waals surface area contributed by atoms with Gasteiger partial charge in [-0.2, -0.15) is 5.10 Å². The van der Waals surface area contributed by atoms with Gasteiger partial charge in [0.15, 0.2) is 0 Å². The van der Waals surface area contributed by atoms with Crippen molar-refractivity contribution >= 4 is 12.1 Å².